The van der Waals surface area contributed by atoms with Crippen molar-refractivity contribution in [2.45, 2.75) is 109 Å². The highest BCUT2D eigenvalue weighted by molar-refractivity contribution is 4.93. The van der Waals surface area contributed by atoms with E-state index in [-0.39, 0.29) is 0 Å². The van der Waals surface area contributed by atoms with Crippen LogP contribution in [0.5, 0.6) is 0 Å². The second-order valence-corrected chi connectivity index (χ2v) is 12.4. The van der Waals surface area contributed by atoms with E-state index in [0.29, 0.717) is 27.1 Å². The zero-order valence-corrected chi connectivity index (χ0v) is 17.3. The third-order valence-corrected chi connectivity index (χ3v) is 3.62. The first-order valence-corrected chi connectivity index (χ1v) is 8.83. The Morgan fingerprint density at radius 1 is 0.333 bits per heavy atom. The average molecular weight is 297 g/mol. The Morgan fingerprint density at radius 2 is 0.476 bits per heavy atom. The second-order valence-electron chi connectivity index (χ2n) is 12.4. The molecule has 0 unspecified atom stereocenters. The van der Waals surface area contributed by atoms with E-state index in [1.54, 1.807) is 0 Å². The van der Waals surface area contributed by atoms with Crippen LogP contribution in [0.25, 0.3) is 0 Å². The minimum Gasteiger partial charge on any atom is -0.0602 e. The summed E-state index contributed by atoms with van der Waals surface area (Å²) in [5.41, 5.74) is 2.00. The van der Waals surface area contributed by atoms with Crippen LogP contribution in [0.3, 0.4) is 0 Å². The maximum Gasteiger partial charge on any atom is -0.0278 e. The topological polar surface area (TPSA) is 0 Å². The van der Waals surface area contributed by atoms with E-state index in [1.165, 1.54) is 25.7 Å². The molecule has 0 heterocycles. The fraction of sp³-hybridized carbons (Fsp3) is 1.00. The molecule has 0 aliphatic rings. The highest BCUT2D eigenvalue weighted by Gasteiger charge is 2.42. The molecule has 0 aromatic rings. The summed E-state index contributed by atoms with van der Waals surface area (Å²) in [6, 6.07) is 0. The van der Waals surface area contributed by atoms with Crippen LogP contribution < -0.4 is 0 Å². The third kappa shape index (κ3) is 11.2. The van der Waals surface area contributed by atoms with Crippen LogP contribution >= 0.6 is 0 Å². The molecule has 0 aliphatic heterocycles. The van der Waals surface area contributed by atoms with Crippen LogP contribution in [0, 0.1) is 27.1 Å². The Balaban J connectivity index is 5.70. The molecule has 0 saturated carbocycles. The minimum absolute atomic E-state index is 0.391. The molecule has 0 nitrogen and oxygen atoms in total. The number of rotatable bonds is 4. The lowest BCUT2D eigenvalue weighted by Crippen LogP contribution is -2.38. The normalized spacial score (nSPS) is 15.4. The molecule has 0 rings (SSSR count). The van der Waals surface area contributed by atoms with Gasteiger partial charge in [-0.2, -0.15) is 0 Å². The average Bonchev–Trinajstić information content (AvgIpc) is 1.83. The van der Waals surface area contributed by atoms with Gasteiger partial charge < -0.3 is 0 Å². The van der Waals surface area contributed by atoms with Gasteiger partial charge in [0.05, 0.1) is 0 Å². The molecule has 0 saturated heterocycles. The highest BCUT2D eigenvalue weighted by Crippen LogP contribution is 2.53. The first-order chi connectivity index (χ1) is 8.83. The Hall–Kier alpha value is 0. The third-order valence-electron chi connectivity index (χ3n) is 3.62. The first-order valence-electron chi connectivity index (χ1n) is 8.83. The Morgan fingerprint density at radius 3 is 0.571 bits per heavy atom. The van der Waals surface area contributed by atoms with Gasteiger partial charge in [-0.1, -0.05) is 83.1 Å². The van der Waals surface area contributed by atoms with Crippen molar-refractivity contribution in [1.29, 1.82) is 0 Å². The molecule has 0 heteroatoms. The Labute approximate surface area is 136 Å². The summed E-state index contributed by atoms with van der Waals surface area (Å²) < 4.78 is 0. The largest absolute Gasteiger partial charge is 0.0602 e. The van der Waals surface area contributed by atoms with Crippen molar-refractivity contribution in [2.75, 3.05) is 0 Å². The zero-order chi connectivity index (χ0) is 17.3. The molecule has 0 spiro atoms. The fourth-order valence-electron chi connectivity index (χ4n) is 4.87. The summed E-state index contributed by atoms with van der Waals surface area (Å²) in [7, 11) is 0. The van der Waals surface area contributed by atoms with Crippen LogP contribution in [-0.2, 0) is 0 Å². The molecule has 0 amide bonds. The van der Waals surface area contributed by atoms with Crippen LogP contribution in [-0.4, -0.2) is 0 Å². The molecular formula is C21H44. The maximum atomic E-state index is 2.41. The van der Waals surface area contributed by atoms with Gasteiger partial charge in [-0.15, -0.1) is 0 Å². The van der Waals surface area contributed by atoms with Crippen molar-refractivity contribution in [2.24, 2.45) is 27.1 Å². The zero-order valence-electron chi connectivity index (χ0n) is 17.3. The molecule has 0 radical (unpaired) electrons. The van der Waals surface area contributed by atoms with Gasteiger partial charge >= 0.3 is 0 Å². The number of hydrogen-bond acceptors (Lipinski definition) is 0. The van der Waals surface area contributed by atoms with Gasteiger partial charge in [0.15, 0.2) is 0 Å². The van der Waals surface area contributed by atoms with Gasteiger partial charge in [0, 0.05) is 0 Å². The van der Waals surface area contributed by atoms with E-state index in [4.69, 9.17) is 0 Å². The van der Waals surface area contributed by atoms with Crippen LogP contribution in [0.4, 0.5) is 0 Å². The highest BCUT2D eigenvalue weighted by atomic mass is 14.5. The summed E-state index contributed by atoms with van der Waals surface area (Å²) in [5.74, 6) is 0. The van der Waals surface area contributed by atoms with Crippen molar-refractivity contribution >= 4 is 0 Å². The predicted octanol–water partition coefficient (Wildman–Crippen LogP) is 7.72. The Bertz CT molecular complexity index is 236. The second kappa shape index (κ2) is 6.25. The van der Waals surface area contributed by atoms with Gasteiger partial charge in [-0.25, -0.2) is 0 Å². The van der Waals surface area contributed by atoms with Crippen molar-refractivity contribution in [1.82, 2.24) is 0 Å². The van der Waals surface area contributed by atoms with Crippen molar-refractivity contribution in [3.63, 3.8) is 0 Å². The fourth-order valence-corrected chi connectivity index (χ4v) is 4.87. The van der Waals surface area contributed by atoms with Gasteiger partial charge in [0.2, 0.25) is 0 Å². The van der Waals surface area contributed by atoms with Crippen molar-refractivity contribution in [3.05, 3.63) is 0 Å². The summed E-state index contributed by atoms with van der Waals surface area (Å²) in [6.07, 6.45) is 5.30. The van der Waals surface area contributed by atoms with Crippen molar-refractivity contribution in [3.8, 4) is 0 Å². The summed E-state index contributed by atoms with van der Waals surface area (Å²) in [5, 5.41) is 0. The molecule has 0 fully saturated rings. The molecule has 21 heavy (non-hydrogen) atoms. The van der Waals surface area contributed by atoms with E-state index in [2.05, 4.69) is 83.1 Å². The smallest absolute Gasteiger partial charge is 0.0278 e. The van der Waals surface area contributed by atoms with Gasteiger partial charge in [0.25, 0.3) is 0 Å². The quantitative estimate of drug-likeness (QED) is 0.498. The molecule has 0 aliphatic carbocycles. The Kier molecular flexibility index (Phi) is 6.25. The summed E-state index contributed by atoms with van der Waals surface area (Å²) in [4.78, 5) is 0. The lowest BCUT2D eigenvalue weighted by Gasteiger charge is -2.49. The SMILES string of the molecule is CC(C)(C)CC(CC(C)(C)C)(CC(C)(C)C)CC(C)(C)C. The molecule has 0 N–H and O–H groups in total. The standard InChI is InChI=1S/C21H44/c1-17(2,3)13-21(14-18(4,5)6,15-19(7,8)9)16-20(10,11)12/h13-16H2,1-12H3. The summed E-state index contributed by atoms with van der Waals surface area (Å²) in [6.45, 7) is 28.9. The van der Waals surface area contributed by atoms with Gasteiger partial charge in [0.1, 0.15) is 0 Å². The minimum atomic E-state index is 0.391. The van der Waals surface area contributed by atoms with E-state index in [9.17, 15) is 0 Å². The molecule has 128 valence electrons. The monoisotopic (exact) mass is 296 g/mol. The van der Waals surface area contributed by atoms with Crippen LogP contribution in [0.1, 0.15) is 109 Å². The lowest BCUT2D eigenvalue weighted by molar-refractivity contribution is 0.0206. The van der Waals surface area contributed by atoms with Gasteiger partial charge in [-0.05, 0) is 52.8 Å². The van der Waals surface area contributed by atoms with Crippen LogP contribution in [0.2, 0.25) is 0 Å². The lowest BCUT2D eigenvalue weighted by atomic mass is 9.56. The first kappa shape index (κ1) is 21.0. The molecule has 0 bridgehead atoms. The van der Waals surface area contributed by atoms with E-state index in [1.807, 2.05) is 0 Å². The molecule has 0 atom stereocenters. The predicted molar refractivity (Wildman–Crippen MR) is 98.7 cm³/mol. The molecular weight excluding hydrogens is 252 g/mol. The molecule has 0 aromatic carbocycles. The number of hydrogen-bond donors (Lipinski definition) is 0. The van der Waals surface area contributed by atoms with Crippen molar-refractivity contribution < 1.29 is 0 Å². The maximum absolute atomic E-state index is 2.41. The van der Waals surface area contributed by atoms with E-state index in [0.717, 1.165) is 0 Å². The molecule has 0 aromatic heterocycles. The van der Waals surface area contributed by atoms with E-state index >= 15 is 0 Å². The van der Waals surface area contributed by atoms with E-state index < -0.39 is 0 Å². The van der Waals surface area contributed by atoms with Crippen LogP contribution in [0.15, 0.2) is 0 Å². The summed E-state index contributed by atoms with van der Waals surface area (Å²) >= 11 is 0. The van der Waals surface area contributed by atoms with Gasteiger partial charge in [-0.3, -0.25) is 0 Å².